The summed E-state index contributed by atoms with van der Waals surface area (Å²) in [6.45, 7) is 1.74. The van der Waals surface area contributed by atoms with Crippen LogP contribution >= 0.6 is 24.0 Å². The van der Waals surface area contributed by atoms with Gasteiger partial charge in [0.15, 0.2) is 0 Å². The number of hydrogen-bond donors (Lipinski definition) is 1. The van der Waals surface area contributed by atoms with Crippen molar-refractivity contribution in [3.05, 3.63) is 45.5 Å². The Labute approximate surface area is 114 Å². The first kappa shape index (κ1) is 11.9. The van der Waals surface area contributed by atoms with Crippen LogP contribution in [-0.2, 0) is 11.5 Å². The van der Waals surface area contributed by atoms with E-state index in [0.29, 0.717) is 16.0 Å². The maximum Gasteiger partial charge on any atom is 0.139 e. The molecule has 0 spiro atoms. The van der Waals surface area contributed by atoms with Crippen molar-refractivity contribution in [1.29, 1.82) is 0 Å². The molecule has 0 aliphatic carbocycles. The van der Waals surface area contributed by atoms with Crippen LogP contribution in [0.4, 0.5) is 4.39 Å². The van der Waals surface area contributed by atoms with Gasteiger partial charge in [-0.1, -0.05) is 24.4 Å². The minimum Gasteiger partial charge on any atom is -0.342 e. The number of fused-ring (bicyclic) bond motifs is 1. The number of nitrogens with zero attached hydrogens (tertiary/aromatic N) is 1. The zero-order chi connectivity index (χ0) is 12.7. The lowest BCUT2D eigenvalue weighted by Gasteiger charge is -2.06. The lowest BCUT2D eigenvalue weighted by molar-refractivity contribution is 0.619. The standard InChI is InChI=1S/C13H11FN2S2/c1-7-2-3-8(4-10(7)14)12-15-11-6-18-5-9(11)13(17)16-12/h2-4H,5-6H2,1H3,(H,15,16,17). The summed E-state index contributed by atoms with van der Waals surface area (Å²) in [5.41, 5.74) is 3.61. The maximum atomic E-state index is 13.6. The van der Waals surface area contributed by atoms with E-state index in [1.807, 2.05) is 17.8 Å². The van der Waals surface area contributed by atoms with Crippen LogP contribution in [0.5, 0.6) is 0 Å². The first-order valence-corrected chi connectivity index (χ1v) is 7.18. The van der Waals surface area contributed by atoms with E-state index >= 15 is 0 Å². The smallest absolute Gasteiger partial charge is 0.139 e. The van der Waals surface area contributed by atoms with Gasteiger partial charge in [0.2, 0.25) is 0 Å². The molecule has 0 saturated heterocycles. The molecule has 5 heteroatoms. The molecule has 92 valence electrons. The minimum absolute atomic E-state index is 0.219. The van der Waals surface area contributed by atoms with Gasteiger partial charge in [0.1, 0.15) is 16.3 Å². The highest BCUT2D eigenvalue weighted by Gasteiger charge is 2.16. The highest BCUT2D eigenvalue weighted by atomic mass is 32.2. The van der Waals surface area contributed by atoms with Gasteiger partial charge < -0.3 is 4.98 Å². The molecule has 1 aliphatic heterocycles. The van der Waals surface area contributed by atoms with E-state index in [1.54, 1.807) is 13.0 Å². The van der Waals surface area contributed by atoms with Crippen LogP contribution in [0.25, 0.3) is 11.4 Å². The average molecular weight is 278 g/mol. The zero-order valence-electron chi connectivity index (χ0n) is 9.79. The number of aromatic amines is 1. The van der Waals surface area contributed by atoms with Gasteiger partial charge in [-0.2, -0.15) is 11.8 Å². The van der Waals surface area contributed by atoms with Gasteiger partial charge in [-0.05, 0) is 18.6 Å². The fourth-order valence-corrected chi connectivity index (χ4v) is 3.39. The average Bonchev–Trinajstić information content (AvgIpc) is 2.81. The summed E-state index contributed by atoms with van der Waals surface area (Å²) in [5, 5.41) is 0. The van der Waals surface area contributed by atoms with Gasteiger partial charge in [0.05, 0.1) is 0 Å². The van der Waals surface area contributed by atoms with Crippen molar-refractivity contribution < 1.29 is 4.39 Å². The molecule has 1 N–H and O–H groups in total. The van der Waals surface area contributed by atoms with Crippen molar-refractivity contribution in [2.75, 3.05) is 0 Å². The Balaban J connectivity index is 2.15. The molecule has 2 nitrogen and oxygen atoms in total. The van der Waals surface area contributed by atoms with Crippen LogP contribution in [-0.4, -0.2) is 9.97 Å². The fraction of sp³-hybridized carbons (Fsp3) is 0.231. The summed E-state index contributed by atoms with van der Waals surface area (Å²) in [5.74, 6) is 2.27. The second-order valence-corrected chi connectivity index (χ2v) is 5.68. The number of halogens is 1. The normalized spacial score (nSPS) is 13.7. The summed E-state index contributed by atoms with van der Waals surface area (Å²) in [6, 6.07) is 5.11. The summed E-state index contributed by atoms with van der Waals surface area (Å²) in [7, 11) is 0. The highest BCUT2D eigenvalue weighted by Crippen LogP contribution is 2.30. The van der Waals surface area contributed by atoms with Crippen LogP contribution in [0.3, 0.4) is 0 Å². The lowest BCUT2D eigenvalue weighted by Crippen LogP contribution is -1.97. The predicted molar refractivity (Wildman–Crippen MR) is 74.6 cm³/mol. The van der Waals surface area contributed by atoms with Crippen LogP contribution in [0.1, 0.15) is 16.8 Å². The van der Waals surface area contributed by atoms with Gasteiger partial charge in [0, 0.05) is 28.3 Å². The molecule has 0 radical (unpaired) electrons. The van der Waals surface area contributed by atoms with E-state index in [0.717, 1.165) is 28.3 Å². The van der Waals surface area contributed by atoms with Gasteiger partial charge in [-0.15, -0.1) is 0 Å². The second-order valence-electron chi connectivity index (χ2n) is 4.30. The number of aromatic nitrogens is 2. The Hall–Kier alpha value is -1.20. The molecule has 0 amide bonds. The van der Waals surface area contributed by atoms with E-state index in [4.69, 9.17) is 12.2 Å². The monoisotopic (exact) mass is 278 g/mol. The molecule has 1 aromatic carbocycles. The quantitative estimate of drug-likeness (QED) is 0.799. The first-order valence-electron chi connectivity index (χ1n) is 5.61. The van der Waals surface area contributed by atoms with Gasteiger partial charge in [-0.3, -0.25) is 0 Å². The zero-order valence-corrected chi connectivity index (χ0v) is 11.4. The van der Waals surface area contributed by atoms with Gasteiger partial charge in [-0.25, -0.2) is 9.37 Å². The topological polar surface area (TPSA) is 28.7 Å². The van der Waals surface area contributed by atoms with Crippen LogP contribution in [0, 0.1) is 17.4 Å². The van der Waals surface area contributed by atoms with E-state index < -0.39 is 0 Å². The molecule has 2 heterocycles. The first-order chi connectivity index (χ1) is 8.65. The number of hydrogen-bond acceptors (Lipinski definition) is 3. The molecule has 3 rings (SSSR count). The number of nitrogens with one attached hydrogen (secondary N) is 1. The molecule has 0 fully saturated rings. The van der Waals surface area contributed by atoms with Crippen molar-refractivity contribution >= 4 is 24.0 Å². The summed E-state index contributed by atoms with van der Waals surface area (Å²) < 4.78 is 14.2. The number of benzene rings is 1. The SMILES string of the molecule is Cc1ccc(-c2nc(=S)c3c([nH]2)CSC3)cc1F. The second kappa shape index (κ2) is 4.48. The number of H-pyrrole nitrogens is 1. The van der Waals surface area contributed by atoms with Crippen LogP contribution in [0.15, 0.2) is 18.2 Å². The molecule has 1 aromatic heterocycles. The van der Waals surface area contributed by atoms with Crippen LogP contribution < -0.4 is 0 Å². The third-order valence-electron chi connectivity index (χ3n) is 3.04. The van der Waals surface area contributed by atoms with Crippen molar-refractivity contribution in [3.8, 4) is 11.4 Å². The largest absolute Gasteiger partial charge is 0.342 e. The molecule has 0 bridgehead atoms. The summed E-state index contributed by atoms with van der Waals surface area (Å²) in [6.07, 6.45) is 0. The maximum absolute atomic E-state index is 13.6. The molecule has 1 aliphatic rings. The van der Waals surface area contributed by atoms with Crippen molar-refractivity contribution in [3.63, 3.8) is 0 Å². The Kier molecular flexibility index (Phi) is 2.95. The van der Waals surface area contributed by atoms with Gasteiger partial charge >= 0.3 is 0 Å². The van der Waals surface area contributed by atoms with Crippen molar-refractivity contribution in [2.24, 2.45) is 0 Å². The van der Waals surface area contributed by atoms with Crippen molar-refractivity contribution in [2.45, 2.75) is 18.4 Å². The Bertz CT molecular complexity index is 679. The summed E-state index contributed by atoms with van der Waals surface area (Å²) in [4.78, 5) is 7.63. The molecule has 0 saturated carbocycles. The third kappa shape index (κ3) is 1.97. The van der Waals surface area contributed by atoms with Crippen molar-refractivity contribution in [1.82, 2.24) is 9.97 Å². The fourth-order valence-electron chi connectivity index (χ4n) is 1.95. The number of aryl methyl sites for hydroxylation is 1. The Morgan fingerprint density at radius 3 is 3.00 bits per heavy atom. The minimum atomic E-state index is -0.219. The van der Waals surface area contributed by atoms with E-state index in [-0.39, 0.29) is 5.82 Å². The van der Waals surface area contributed by atoms with Gasteiger partial charge in [0.25, 0.3) is 0 Å². The van der Waals surface area contributed by atoms with E-state index in [9.17, 15) is 4.39 Å². The summed E-state index contributed by atoms with van der Waals surface area (Å²) >= 11 is 7.10. The lowest BCUT2D eigenvalue weighted by atomic mass is 10.1. The molecular formula is C13H11FN2S2. The number of thioether (sulfide) groups is 1. The van der Waals surface area contributed by atoms with E-state index in [2.05, 4.69) is 9.97 Å². The molecular weight excluding hydrogens is 267 g/mol. The third-order valence-corrected chi connectivity index (χ3v) is 4.37. The van der Waals surface area contributed by atoms with E-state index in [1.165, 1.54) is 6.07 Å². The number of rotatable bonds is 1. The highest BCUT2D eigenvalue weighted by molar-refractivity contribution is 7.98. The molecule has 0 unspecified atom stereocenters. The Morgan fingerprint density at radius 1 is 1.39 bits per heavy atom. The predicted octanol–water partition coefficient (Wildman–Crippen LogP) is 4.00. The Morgan fingerprint density at radius 2 is 2.22 bits per heavy atom. The van der Waals surface area contributed by atoms with Crippen LogP contribution in [0.2, 0.25) is 0 Å². The molecule has 2 aromatic rings. The molecule has 0 atom stereocenters. The molecule has 18 heavy (non-hydrogen) atoms.